The lowest BCUT2D eigenvalue weighted by molar-refractivity contribution is -0.0600. The van der Waals surface area contributed by atoms with E-state index in [1.165, 1.54) is 19.2 Å². The Kier molecular flexibility index (Phi) is 7.49. The molecule has 0 saturated carbocycles. The van der Waals surface area contributed by atoms with E-state index in [1.807, 2.05) is 54.6 Å². The van der Waals surface area contributed by atoms with E-state index in [-0.39, 0.29) is 24.6 Å². The zero-order valence-electron chi connectivity index (χ0n) is 20.9. The van der Waals surface area contributed by atoms with Crippen LogP contribution < -0.4 is 4.74 Å². The van der Waals surface area contributed by atoms with Crippen molar-refractivity contribution in [2.75, 3.05) is 20.8 Å². The molecule has 1 aliphatic heterocycles. The molecule has 0 bridgehead atoms. The summed E-state index contributed by atoms with van der Waals surface area (Å²) in [6.07, 6.45) is 1.36. The predicted octanol–water partition coefficient (Wildman–Crippen LogP) is 6.88. The van der Waals surface area contributed by atoms with Gasteiger partial charge in [0, 0.05) is 26.2 Å². The van der Waals surface area contributed by atoms with Crippen LogP contribution in [-0.4, -0.2) is 32.9 Å². The molecular weight excluding hydrogens is 471 g/mol. The molecule has 0 aliphatic carbocycles. The molecule has 0 N–H and O–H groups in total. The average molecular weight is 501 g/mol. The number of fused-ring (bicyclic) bond motifs is 1. The second kappa shape index (κ2) is 11.1. The van der Waals surface area contributed by atoms with Crippen LogP contribution in [0.5, 0.6) is 5.75 Å². The quantitative estimate of drug-likeness (QED) is 0.259. The summed E-state index contributed by atoms with van der Waals surface area (Å²) >= 11 is 0. The van der Waals surface area contributed by atoms with Gasteiger partial charge in [-0.25, -0.2) is 9.18 Å². The van der Waals surface area contributed by atoms with Gasteiger partial charge in [0.2, 0.25) is 0 Å². The Bertz CT molecular complexity index is 1400. The number of benzene rings is 4. The first-order valence-corrected chi connectivity index (χ1v) is 12.3. The number of hydrogen-bond donors (Lipinski definition) is 0. The third-order valence-corrected chi connectivity index (χ3v) is 6.76. The third kappa shape index (κ3) is 5.66. The summed E-state index contributed by atoms with van der Waals surface area (Å²) < 4.78 is 36.9. The van der Waals surface area contributed by atoms with Crippen molar-refractivity contribution in [2.45, 2.75) is 31.7 Å². The minimum absolute atomic E-state index is 0.0928. The Hall–Kier alpha value is -3.74. The molecule has 190 valence electrons. The molecule has 5 rings (SSSR count). The number of halogens is 1. The van der Waals surface area contributed by atoms with Gasteiger partial charge in [0.05, 0.1) is 24.9 Å². The van der Waals surface area contributed by atoms with Crippen molar-refractivity contribution in [1.82, 2.24) is 0 Å². The molecule has 1 saturated heterocycles. The SMILES string of the molecule is COC(=O)c1ccc2c(-c3ccccc3)cc(COc3cc(F)cc(C4CC(OC)CCO4)c3)cc2c1. The van der Waals surface area contributed by atoms with Crippen molar-refractivity contribution >= 4 is 16.7 Å². The molecule has 0 aromatic heterocycles. The van der Waals surface area contributed by atoms with E-state index in [2.05, 4.69) is 6.07 Å². The standard InChI is InChI=1S/C31H29FO5/c1-34-26-10-11-36-30(18-26)24-15-25(32)17-27(16-24)37-19-20-12-23-14-22(31(33)35-2)8-9-28(23)29(13-20)21-6-4-3-5-7-21/h3-9,12-17,26,30H,10-11,18-19H2,1-2H3. The van der Waals surface area contributed by atoms with Crippen LogP contribution in [0.4, 0.5) is 4.39 Å². The third-order valence-electron chi connectivity index (χ3n) is 6.76. The van der Waals surface area contributed by atoms with E-state index < -0.39 is 5.97 Å². The molecule has 6 heteroatoms. The molecule has 4 aromatic carbocycles. The van der Waals surface area contributed by atoms with E-state index in [1.54, 1.807) is 13.2 Å². The van der Waals surface area contributed by atoms with Gasteiger partial charge in [0.25, 0.3) is 0 Å². The topological polar surface area (TPSA) is 54.0 Å². The highest BCUT2D eigenvalue weighted by Crippen LogP contribution is 2.34. The second-order valence-corrected chi connectivity index (χ2v) is 9.19. The summed E-state index contributed by atoms with van der Waals surface area (Å²) in [6.45, 7) is 0.802. The number of carbonyl (C=O) groups excluding carboxylic acids is 1. The van der Waals surface area contributed by atoms with Crippen molar-refractivity contribution in [2.24, 2.45) is 0 Å². The summed E-state index contributed by atoms with van der Waals surface area (Å²) in [5, 5.41) is 1.90. The van der Waals surface area contributed by atoms with Crippen molar-refractivity contribution in [3.8, 4) is 16.9 Å². The van der Waals surface area contributed by atoms with Crippen LogP contribution in [-0.2, 0) is 20.8 Å². The smallest absolute Gasteiger partial charge is 0.337 e. The highest BCUT2D eigenvalue weighted by molar-refractivity contribution is 6.01. The van der Waals surface area contributed by atoms with Crippen LogP contribution in [0.25, 0.3) is 21.9 Å². The Morgan fingerprint density at radius 1 is 1.00 bits per heavy atom. The lowest BCUT2D eigenvalue weighted by Gasteiger charge is -2.29. The molecule has 2 unspecified atom stereocenters. The van der Waals surface area contributed by atoms with Crippen LogP contribution in [0.15, 0.2) is 78.9 Å². The van der Waals surface area contributed by atoms with Gasteiger partial charge in [-0.1, -0.05) is 36.4 Å². The van der Waals surface area contributed by atoms with Gasteiger partial charge in [-0.2, -0.15) is 0 Å². The van der Waals surface area contributed by atoms with E-state index in [0.29, 0.717) is 24.3 Å². The van der Waals surface area contributed by atoms with Crippen LogP contribution in [0, 0.1) is 5.82 Å². The van der Waals surface area contributed by atoms with Gasteiger partial charge in [0.1, 0.15) is 18.2 Å². The highest BCUT2D eigenvalue weighted by atomic mass is 19.1. The molecular formula is C31H29FO5. The number of ether oxygens (including phenoxy) is 4. The molecule has 4 aromatic rings. The molecule has 1 fully saturated rings. The Morgan fingerprint density at radius 2 is 1.84 bits per heavy atom. The van der Waals surface area contributed by atoms with Gasteiger partial charge in [0.15, 0.2) is 0 Å². The summed E-state index contributed by atoms with van der Waals surface area (Å²) in [5.41, 5.74) is 4.18. The first-order chi connectivity index (χ1) is 18.0. The zero-order chi connectivity index (χ0) is 25.8. The second-order valence-electron chi connectivity index (χ2n) is 9.19. The van der Waals surface area contributed by atoms with Gasteiger partial charge >= 0.3 is 5.97 Å². The highest BCUT2D eigenvalue weighted by Gasteiger charge is 2.24. The van der Waals surface area contributed by atoms with Crippen molar-refractivity contribution < 1.29 is 28.1 Å². The molecule has 5 nitrogen and oxygen atoms in total. The van der Waals surface area contributed by atoms with Crippen LogP contribution >= 0.6 is 0 Å². The lowest BCUT2D eigenvalue weighted by Crippen LogP contribution is -2.25. The van der Waals surface area contributed by atoms with Crippen LogP contribution in [0.2, 0.25) is 0 Å². The number of rotatable bonds is 7. The Balaban J connectivity index is 1.45. The first kappa shape index (κ1) is 24.9. The number of hydrogen-bond acceptors (Lipinski definition) is 5. The van der Waals surface area contributed by atoms with E-state index in [9.17, 15) is 9.18 Å². The van der Waals surface area contributed by atoms with Crippen molar-refractivity contribution in [3.63, 3.8) is 0 Å². The average Bonchev–Trinajstić information content (AvgIpc) is 2.95. The maximum atomic E-state index is 14.5. The number of methoxy groups -OCH3 is 2. The summed E-state index contributed by atoms with van der Waals surface area (Å²) in [5.74, 6) is -0.331. The number of carbonyl (C=O) groups is 1. The first-order valence-electron chi connectivity index (χ1n) is 12.3. The monoisotopic (exact) mass is 500 g/mol. The summed E-state index contributed by atoms with van der Waals surface area (Å²) in [7, 11) is 3.06. The fourth-order valence-corrected chi connectivity index (χ4v) is 4.85. The Morgan fingerprint density at radius 3 is 2.62 bits per heavy atom. The molecule has 0 amide bonds. The minimum atomic E-state index is -0.391. The fourth-order valence-electron chi connectivity index (χ4n) is 4.85. The maximum absolute atomic E-state index is 14.5. The normalized spacial score (nSPS) is 17.5. The number of esters is 1. The van der Waals surface area contributed by atoms with Gasteiger partial charge in [-0.05, 0) is 75.8 Å². The largest absolute Gasteiger partial charge is 0.489 e. The predicted molar refractivity (Wildman–Crippen MR) is 140 cm³/mol. The maximum Gasteiger partial charge on any atom is 0.337 e. The molecule has 1 heterocycles. The van der Waals surface area contributed by atoms with Crippen LogP contribution in [0.3, 0.4) is 0 Å². The molecule has 37 heavy (non-hydrogen) atoms. The van der Waals surface area contributed by atoms with Crippen molar-refractivity contribution in [3.05, 3.63) is 101 Å². The van der Waals surface area contributed by atoms with Gasteiger partial charge in [-0.15, -0.1) is 0 Å². The summed E-state index contributed by atoms with van der Waals surface area (Å²) in [4.78, 5) is 12.1. The molecule has 0 spiro atoms. The van der Waals surface area contributed by atoms with E-state index >= 15 is 0 Å². The minimum Gasteiger partial charge on any atom is -0.489 e. The summed E-state index contributed by atoms with van der Waals surface area (Å²) in [6, 6.07) is 24.3. The van der Waals surface area contributed by atoms with E-state index in [0.717, 1.165) is 39.4 Å². The van der Waals surface area contributed by atoms with Crippen LogP contribution in [0.1, 0.15) is 40.4 Å². The molecule has 1 aliphatic rings. The molecule has 2 atom stereocenters. The van der Waals surface area contributed by atoms with Crippen molar-refractivity contribution in [1.29, 1.82) is 0 Å². The zero-order valence-corrected chi connectivity index (χ0v) is 20.9. The fraction of sp³-hybridized carbons (Fsp3) is 0.258. The Labute approximate surface area is 215 Å². The van der Waals surface area contributed by atoms with Gasteiger partial charge in [-0.3, -0.25) is 0 Å². The molecule has 0 radical (unpaired) electrons. The lowest BCUT2D eigenvalue weighted by atomic mass is 9.94. The van der Waals surface area contributed by atoms with E-state index in [4.69, 9.17) is 18.9 Å². The van der Waals surface area contributed by atoms with Gasteiger partial charge < -0.3 is 18.9 Å².